The summed E-state index contributed by atoms with van der Waals surface area (Å²) in [5, 5.41) is 59.2. The van der Waals surface area contributed by atoms with E-state index in [9.17, 15) is 53.5 Å². The van der Waals surface area contributed by atoms with Gasteiger partial charge in [-0.3, -0.25) is 19.3 Å². The van der Waals surface area contributed by atoms with Crippen molar-refractivity contribution in [3.05, 3.63) is 28.8 Å². The Morgan fingerprint density at radius 3 is 2.42 bits per heavy atom. The fourth-order valence-corrected chi connectivity index (χ4v) is 8.36. The Hall–Kier alpha value is -3.48. The first-order valence-corrected chi connectivity index (χ1v) is 18.2. The van der Waals surface area contributed by atoms with Gasteiger partial charge in [0, 0.05) is 64.5 Å². The maximum Gasteiger partial charge on any atom is 0.336 e. The van der Waals surface area contributed by atoms with Gasteiger partial charge in [-0.1, -0.05) is 6.42 Å². The van der Waals surface area contributed by atoms with E-state index in [-0.39, 0.29) is 56.8 Å². The highest BCUT2D eigenvalue weighted by Crippen LogP contribution is 2.42. The average Bonchev–Trinajstić information content (AvgIpc) is 3.52. The normalized spacial score (nSPS) is 31.5. The van der Waals surface area contributed by atoms with Gasteiger partial charge in [0.15, 0.2) is 5.60 Å². The number of likely N-dealkylation sites (tertiary alicyclic amines) is 1. The van der Waals surface area contributed by atoms with E-state index in [1.165, 1.54) is 17.0 Å². The van der Waals surface area contributed by atoms with Gasteiger partial charge in [0.05, 0.1) is 37.0 Å². The molecule has 5 rings (SSSR count). The molecule has 8 atom stereocenters. The largest absolute Gasteiger partial charge is 0.507 e. The lowest BCUT2D eigenvalue weighted by Crippen LogP contribution is -2.68. The summed E-state index contributed by atoms with van der Waals surface area (Å²) < 4.78 is 41.4. The first-order chi connectivity index (χ1) is 24.9. The first kappa shape index (κ1) is 40.7. The van der Waals surface area contributed by atoms with Crippen LogP contribution in [0.1, 0.15) is 73.4 Å². The highest BCUT2D eigenvalue weighted by atomic mass is 19.3. The van der Waals surface area contributed by atoms with E-state index in [1.807, 2.05) is 4.90 Å². The van der Waals surface area contributed by atoms with Crippen molar-refractivity contribution in [3.63, 3.8) is 0 Å². The average molecular weight is 755 g/mol. The summed E-state index contributed by atoms with van der Waals surface area (Å²) in [5.41, 5.74) is -1.79. The van der Waals surface area contributed by atoms with Crippen LogP contribution in [-0.4, -0.2) is 152 Å². The van der Waals surface area contributed by atoms with Gasteiger partial charge >= 0.3 is 5.97 Å². The number of hydrogen-bond donors (Lipinski definition) is 7. The molecule has 53 heavy (non-hydrogen) atoms. The van der Waals surface area contributed by atoms with Crippen LogP contribution in [0.2, 0.25) is 0 Å². The molecule has 0 aromatic heterocycles. The minimum Gasteiger partial charge on any atom is -0.507 e. The van der Waals surface area contributed by atoms with Gasteiger partial charge in [-0.05, 0) is 56.4 Å². The number of phenols is 1. The molecule has 4 fully saturated rings. The summed E-state index contributed by atoms with van der Waals surface area (Å²) in [5.74, 6) is -7.72. The minimum absolute atomic E-state index is 0.0297. The number of morpholine rings is 1. The van der Waals surface area contributed by atoms with Gasteiger partial charge in [0.1, 0.15) is 23.9 Å². The molecule has 3 aliphatic heterocycles. The van der Waals surface area contributed by atoms with Crippen molar-refractivity contribution in [2.75, 3.05) is 45.9 Å². The fraction of sp³-hybridized carbons (Fsp3) is 0.722. The first-order valence-electron chi connectivity index (χ1n) is 18.2. The van der Waals surface area contributed by atoms with Crippen LogP contribution in [0.4, 0.5) is 8.78 Å². The SMILES string of the molecule is CC(=O)N[C@H]1[C@H]([C@H](O)[C@H](O)CNC(=O)c2cc(C)c(O)c(C)c2)O[C@@](CCN2CCOC[C@@]23CCN(C(=O)C2CCCCC2(F)F)C3)(C(=O)O)C[C@@H]1O. The van der Waals surface area contributed by atoms with Gasteiger partial charge in [0.25, 0.3) is 11.8 Å². The zero-order valence-electron chi connectivity index (χ0n) is 30.4. The zero-order chi connectivity index (χ0) is 38.9. The number of aromatic hydroxyl groups is 1. The number of ether oxygens (including phenoxy) is 2. The predicted molar refractivity (Wildman–Crippen MR) is 183 cm³/mol. The van der Waals surface area contributed by atoms with Crippen LogP contribution >= 0.6 is 0 Å². The second-order valence-corrected chi connectivity index (χ2v) is 15.2. The number of halogens is 2. The summed E-state index contributed by atoms with van der Waals surface area (Å²) >= 11 is 0. The van der Waals surface area contributed by atoms with Crippen LogP contribution < -0.4 is 10.6 Å². The van der Waals surface area contributed by atoms with E-state index < -0.39 is 90.1 Å². The van der Waals surface area contributed by atoms with Crippen LogP contribution in [0, 0.1) is 19.8 Å². The number of benzene rings is 1. The van der Waals surface area contributed by atoms with Gasteiger partial charge in [-0.2, -0.15) is 0 Å². The quantitative estimate of drug-likeness (QED) is 0.164. The molecule has 1 unspecified atom stereocenters. The second kappa shape index (κ2) is 16.1. The minimum atomic E-state index is -3.08. The summed E-state index contributed by atoms with van der Waals surface area (Å²) in [6, 6.07) is 1.57. The number of carboxylic acid groups (broad SMARTS) is 1. The molecule has 1 spiro atoms. The number of phenolic OH excluding ortho intramolecular Hbond substituents is 1. The van der Waals surface area contributed by atoms with Gasteiger partial charge in [0.2, 0.25) is 11.8 Å². The van der Waals surface area contributed by atoms with Gasteiger partial charge in [-0.15, -0.1) is 0 Å². The van der Waals surface area contributed by atoms with Crippen LogP contribution in [0.5, 0.6) is 5.75 Å². The van der Waals surface area contributed by atoms with E-state index in [4.69, 9.17) is 9.47 Å². The molecule has 1 saturated carbocycles. The maximum atomic E-state index is 14.7. The number of carbonyl (C=O) groups excluding carboxylic acids is 3. The Morgan fingerprint density at radius 1 is 1.08 bits per heavy atom. The number of nitrogens with zero attached hydrogens (tertiary/aromatic N) is 2. The monoisotopic (exact) mass is 754 g/mol. The number of rotatable bonds is 11. The number of aliphatic hydroxyl groups is 3. The number of carbonyl (C=O) groups is 4. The second-order valence-electron chi connectivity index (χ2n) is 15.2. The molecule has 3 saturated heterocycles. The summed E-state index contributed by atoms with van der Waals surface area (Å²) in [7, 11) is 0. The van der Waals surface area contributed by atoms with Gasteiger partial charge in [-0.25, -0.2) is 13.6 Å². The standard InChI is InChI=1S/C36H52F2N4O11/c1-20-14-23(15-21(2)28(20)46)31(48)39-17-26(45)29(47)30-27(40-22(3)43)25(44)16-35(53-30,33(50)51)9-11-42-12-13-52-19-34(42)8-10-41(18-34)32(49)24-6-4-5-7-36(24,37)38/h14-15,24-27,29-30,44-47H,4-13,16-19H2,1-3H3,(H,39,48)(H,40,43)(H,50,51)/t24?,25-,26+,27+,29+,30+,34-,35+/m0/s1. The zero-order valence-corrected chi connectivity index (χ0v) is 30.4. The predicted octanol–water partition coefficient (Wildman–Crippen LogP) is 0.457. The lowest BCUT2D eigenvalue weighted by atomic mass is 9.81. The molecule has 0 bridgehead atoms. The highest BCUT2D eigenvalue weighted by Gasteiger charge is 2.56. The fourth-order valence-electron chi connectivity index (χ4n) is 8.36. The van der Waals surface area contributed by atoms with Crippen molar-refractivity contribution in [1.29, 1.82) is 0 Å². The maximum absolute atomic E-state index is 14.7. The van der Waals surface area contributed by atoms with Crippen LogP contribution in [0.15, 0.2) is 12.1 Å². The van der Waals surface area contributed by atoms with Crippen LogP contribution in [0.3, 0.4) is 0 Å². The van der Waals surface area contributed by atoms with E-state index >= 15 is 0 Å². The lowest BCUT2D eigenvalue weighted by molar-refractivity contribution is -0.231. The Morgan fingerprint density at radius 2 is 1.77 bits per heavy atom. The molecule has 3 heterocycles. The smallest absolute Gasteiger partial charge is 0.336 e. The van der Waals surface area contributed by atoms with E-state index in [0.29, 0.717) is 43.5 Å². The van der Waals surface area contributed by atoms with Crippen molar-refractivity contribution in [3.8, 4) is 5.75 Å². The number of aryl methyl sites for hydroxylation is 2. The molecule has 0 radical (unpaired) electrons. The molecule has 296 valence electrons. The third-order valence-electron chi connectivity index (χ3n) is 11.4. The van der Waals surface area contributed by atoms with Crippen LogP contribution in [0.25, 0.3) is 0 Å². The Balaban J connectivity index is 1.30. The van der Waals surface area contributed by atoms with Crippen molar-refractivity contribution in [2.24, 2.45) is 5.92 Å². The highest BCUT2D eigenvalue weighted by molar-refractivity contribution is 5.95. The Kier molecular flexibility index (Phi) is 12.4. The third-order valence-corrected chi connectivity index (χ3v) is 11.4. The van der Waals surface area contributed by atoms with Crippen molar-refractivity contribution >= 4 is 23.7 Å². The van der Waals surface area contributed by atoms with Crippen molar-refractivity contribution < 1.29 is 63.0 Å². The molecule has 1 aromatic rings. The number of carboxylic acids is 1. The molecule has 1 aliphatic carbocycles. The molecule has 3 amide bonds. The van der Waals surface area contributed by atoms with Crippen molar-refractivity contribution in [1.82, 2.24) is 20.4 Å². The molecule has 1 aromatic carbocycles. The molecular weight excluding hydrogens is 702 g/mol. The number of amides is 3. The number of alkyl halides is 2. The summed E-state index contributed by atoms with van der Waals surface area (Å²) in [6.45, 7) is 5.14. The van der Waals surface area contributed by atoms with Crippen LogP contribution in [-0.2, 0) is 23.9 Å². The van der Waals surface area contributed by atoms with Gasteiger partial charge < -0.3 is 50.5 Å². The lowest BCUT2D eigenvalue weighted by Gasteiger charge is -2.49. The van der Waals surface area contributed by atoms with E-state index in [0.717, 1.165) is 6.92 Å². The van der Waals surface area contributed by atoms with E-state index in [2.05, 4.69) is 10.6 Å². The number of hydrogen-bond acceptors (Lipinski definition) is 11. The summed E-state index contributed by atoms with van der Waals surface area (Å²) in [6.07, 6.45) is -6.41. The molecule has 4 aliphatic rings. The molecule has 15 nitrogen and oxygen atoms in total. The van der Waals surface area contributed by atoms with Crippen molar-refractivity contribution in [2.45, 2.75) is 113 Å². The Bertz CT molecular complexity index is 1530. The Labute approximate surface area is 306 Å². The molecule has 17 heteroatoms. The molecule has 7 N–H and O–H groups in total. The number of aliphatic hydroxyl groups excluding tert-OH is 3. The number of aliphatic carboxylic acids is 1. The number of nitrogens with one attached hydrogen (secondary N) is 2. The third kappa shape index (κ3) is 8.60. The molecular formula is C36H52F2N4O11. The topological polar surface area (TPSA) is 218 Å². The van der Waals surface area contributed by atoms with E-state index in [1.54, 1.807) is 13.8 Å². The summed E-state index contributed by atoms with van der Waals surface area (Å²) in [4.78, 5) is 54.7.